The third kappa shape index (κ3) is 4.93. The molecule has 1 aliphatic rings. The predicted molar refractivity (Wildman–Crippen MR) is 91.7 cm³/mol. The van der Waals surface area contributed by atoms with Crippen LogP contribution in [0.2, 0.25) is 5.02 Å². The summed E-state index contributed by atoms with van der Waals surface area (Å²) < 4.78 is 23.6. The van der Waals surface area contributed by atoms with E-state index in [1.165, 1.54) is 37.1 Å². The van der Waals surface area contributed by atoms with Gasteiger partial charge in [0.15, 0.2) is 0 Å². The molecule has 0 radical (unpaired) electrons. The number of amides is 1. The van der Waals surface area contributed by atoms with E-state index in [-0.39, 0.29) is 16.7 Å². The number of aromatic nitrogens is 1. The van der Waals surface area contributed by atoms with Crippen LogP contribution in [0.4, 0.5) is 10.1 Å². The molecular formula is C17H19ClFN3O3. The van der Waals surface area contributed by atoms with Crippen LogP contribution in [-0.2, 0) is 0 Å². The van der Waals surface area contributed by atoms with Gasteiger partial charge in [0.25, 0.3) is 11.8 Å². The molecule has 2 aromatic rings. The second-order valence-electron chi connectivity index (χ2n) is 5.86. The molecule has 134 valence electrons. The Morgan fingerprint density at radius 1 is 1.36 bits per heavy atom. The second kappa shape index (κ2) is 8.31. The summed E-state index contributed by atoms with van der Waals surface area (Å²) in [5.74, 6) is -0.787. The van der Waals surface area contributed by atoms with Gasteiger partial charge in [-0.05, 0) is 55.7 Å². The number of carbonyl (C=O) groups excluding carboxylic acids is 1. The number of halogens is 2. The van der Waals surface area contributed by atoms with Crippen molar-refractivity contribution in [2.24, 2.45) is 0 Å². The van der Waals surface area contributed by atoms with Crippen molar-refractivity contribution >= 4 is 23.2 Å². The van der Waals surface area contributed by atoms with E-state index >= 15 is 0 Å². The molecule has 1 aromatic heterocycles. The Morgan fingerprint density at radius 2 is 2.16 bits per heavy atom. The van der Waals surface area contributed by atoms with E-state index in [1.54, 1.807) is 0 Å². The Balaban J connectivity index is 1.46. The van der Waals surface area contributed by atoms with Crippen LogP contribution < -0.4 is 10.1 Å². The quantitative estimate of drug-likeness (QED) is 0.757. The van der Waals surface area contributed by atoms with Crippen molar-refractivity contribution in [1.82, 2.24) is 10.1 Å². The summed E-state index contributed by atoms with van der Waals surface area (Å²) in [6, 6.07) is 5.33. The molecule has 1 amide bonds. The lowest BCUT2D eigenvalue weighted by Gasteiger charge is -2.13. The molecule has 0 atom stereocenters. The van der Waals surface area contributed by atoms with Crippen molar-refractivity contribution in [3.05, 3.63) is 40.9 Å². The van der Waals surface area contributed by atoms with Gasteiger partial charge in [-0.15, -0.1) is 0 Å². The number of likely N-dealkylation sites (tertiary alicyclic amines) is 1. The number of nitrogens with one attached hydrogen (secondary N) is 1. The first-order valence-corrected chi connectivity index (χ1v) is 8.58. The van der Waals surface area contributed by atoms with Crippen molar-refractivity contribution in [3.8, 4) is 5.88 Å². The molecule has 2 heterocycles. The van der Waals surface area contributed by atoms with Crippen LogP contribution in [-0.4, -0.2) is 42.2 Å². The minimum atomic E-state index is -0.552. The zero-order chi connectivity index (χ0) is 17.6. The molecule has 8 heteroatoms. The number of rotatable bonds is 7. The number of anilines is 1. The van der Waals surface area contributed by atoms with E-state index < -0.39 is 11.7 Å². The molecule has 1 aliphatic heterocycles. The maximum atomic E-state index is 13.1. The van der Waals surface area contributed by atoms with Gasteiger partial charge in [0, 0.05) is 12.2 Å². The number of benzene rings is 1. The highest BCUT2D eigenvalue weighted by Gasteiger charge is 2.15. The molecule has 0 spiro atoms. The molecule has 3 rings (SSSR count). The van der Waals surface area contributed by atoms with E-state index in [4.69, 9.17) is 20.9 Å². The fourth-order valence-electron chi connectivity index (χ4n) is 2.67. The van der Waals surface area contributed by atoms with Crippen molar-refractivity contribution in [2.45, 2.75) is 19.3 Å². The Kier molecular flexibility index (Phi) is 5.88. The van der Waals surface area contributed by atoms with Crippen molar-refractivity contribution < 1.29 is 18.4 Å². The average molecular weight is 368 g/mol. The molecule has 0 aliphatic carbocycles. The van der Waals surface area contributed by atoms with Gasteiger partial charge in [-0.2, -0.15) is 0 Å². The summed E-state index contributed by atoms with van der Waals surface area (Å²) in [4.78, 5) is 14.5. The van der Waals surface area contributed by atoms with Crippen molar-refractivity contribution in [2.75, 3.05) is 31.6 Å². The van der Waals surface area contributed by atoms with Crippen LogP contribution in [0.3, 0.4) is 0 Å². The SMILES string of the molecule is O=C(Nc1ccc(F)c(Cl)c1)c1cc(OCCCN2CCCC2)no1. The fraction of sp³-hybridized carbons (Fsp3) is 0.412. The maximum absolute atomic E-state index is 13.1. The van der Waals surface area contributed by atoms with Gasteiger partial charge in [-0.25, -0.2) is 4.39 Å². The van der Waals surface area contributed by atoms with Gasteiger partial charge < -0.3 is 19.5 Å². The molecule has 1 fully saturated rings. The monoisotopic (exact) mass is 367 g/mol. The van der Waals surface area contributed by atoms with E-state index in [1.807, 2.05) is 0 Å². The molecule has 1 saturated heterocycles. The zero-order valence-electron chi connectivity index (χ0n) is 13.6. The van der Waals surface area contributed by atoms with Gasteiger partial charge in [-0.1, -0.05) is 11.6 Å². The van der Waals surface area contributed by atoms with Crippen LogP contribution in [0.15, 0.2) is 28.8 Å². The predicted octanol–water partition coefficient (Wildman–Crippen LogP) is 3.58. The van der Waals surface area contributed by atoms with Crippen LogP contribution in [0.5, 0.6) is 5.88 Å². The van der Waals surface area contributed by atoms with Gasteiger partial charge in [-0.3, -0.25) is 4.79 Å². The minimum absolute atomic E-state index is 0.00925. The van der Waals surface area contributed by atoms with E-state index in [9.17, 15) is 9.18 Å². The van der Waals surface area contributed by atoms with Gasteiger partial charge in [0.2, 0.25) is 5.76 Å². The number of ether oxygens (including phenoxy) is 1. The number of nitrogens with zero attached hydrogens (tertiary/aromatic N) is 2. The number of hydrogen-bond acceptors (Lipinski definition) is 5. The molecule has 1 aromatic carbocycles. The summed E-state index contributed by atoms with van der Waals surface area (Å²) >= 11 is 5.68. The van der Waals surface area contributed by atoms with Crippen molar-refractivity contribution in [1.29, 1.82) is 0 Å². The van der Waals surface area contributed by atoms with Crippen LogP contribution in [0, 0.1) is 5.82 Å². The van der Waals surface area contributed by atoms with Crippen molar-refractivity contribution in [3.63, 3.8) is 0 Å². The highest BCUT2D eigenvalue weighted by atomic mass is 35.5. The topological polar surface area (TPSA) is 67.6 Å². The first kappa shape index (κ1) is 17.7. The maximum Gasteiger partial charge on any atom is 0.294 e. The molecule has 6 nitrogen and oxygen atoms in total. The van der Waals surface area contributed by atoms with Crippen LogP contribution >= 0.6 is 11.6 Å². The van der Waals surface area contributed by atoms with E-state index in [0.29, 0.717) is 12.3 Å². The normalized spacial score (nSPS) is 14.6. The molecule has 0 bridgehead atoms. The molecule has 1 N–H and O–H groups in total. The van der Waals surface area contributed by atoms with Crippen LogP contribution in [0.1, 0.15) is 29.8 Å². The highest BCUT2D eigenvalue weighted by molar-refractivity contribution is 6.31. The largest absolute Gasteiger partial charge is 0.475 e. The smallest absolute Gasteiger partial charge is 0.294 e. The minimum Gasteiger partial charge on any atom is -0.475 e. The summed E-state index contributed by atoms with van der Waals surface area (Å²) in [5.41, 5.74) is 0.362. The van der Waals surface area contributed by atoms with Crippen LogP contribution in [0.25, 0.3) is 0 Å². The third-order valence-electron chi connectivity index (χ3n) is 3.96. The summed E-state index contributed by atoms with van der Waals surface area (Å²) in [7, 11) is 0. The molecule has 25 heavy (non-hydrogen) atoms. The Labute approximate surface area is 149 Å². The lowest BCUT2D eigenvalue weighted by Crippen LogP contribution is -2.21. The third-order valence-corrected chi connectivity index (χ3v) is 4.25. The summed E-state index contributed by atoms with van der Waals surface area (Å²) in [6.07, 6.45) is 3.42. The molecule has 0 unspecified atom stereocenters. The second-order valence-corrected chi connectivity index (χ2v) is 6.27. The Hall–Kier alpha value is -2.12. The molecule has 0 saturated carbocycles. The van der Waals surface area contributed by atoms with E-state index in [2.05, 4.69) is 15.4 Å². The summed E-state index contributed by atoms with van der Waals surface area (Å²) in [5, 5.41) is 6.21. The fourth-order valence-corrected chi connectivity index (χ4v) is 2.85. The number of carbonyl (C=O) groups is 1. The zero-order valence-corrected chi connectivity index (χ0v) is 14.4. The highest BCUT2D eigenvalue weighted by Crippen LogP contribution is 2.20. The Morgan fingerprint density at radius 3 is 2.92 bits per heavy atom. The lowest BCUT2D eigenvalue weighted by molar-refractivity contribution is 0.0987. The van der Waals surface area contributed by atoms with E-state index in [0.717, 1.165) is 26.1 Å². The lowest BCUT2D eigenvalue weighted by atomic mass is 10.3. The Bertz CT molecular complexity index is 732. The standard InChI is InChI=1S/C17H19ClFN3O3/c18-13-10-12(4-5-14(13)19)20-17(23)15-11-16(21-25-15)24-9-3-8-22-6-1-2-7-22/h4-5,10-11H,1-3,6-9H2,(H,20,23). The van der Waals surface area contributed by atoms with Gasteiger partial charge >= 0.3 is 0 Å². The summed E-state index contributed by atoms with van der Waals surface area (Å²) in [6.45, 7) is 3.82. The number of hydrogen-bond donors (Lipinski definition) is 1. The van der Waals surface area contributed by atoms with Gasteiger partial charge in [0.05, 0.1) is 17.7 Å². The van der Waals surface area contributed by atoms with Gasteiger partial charge in [0.1, 0.15) is 5.82 Å². The first-order chi connectivity index (χ1) is 12.1. The first-order valence-electron chi connectivity index (χ1n) is 8.20. The molecular weight excluding hydrogens is 349 g/mol. The average Bonchev–Trinajstić information content (AvgIpc) is 3.26.